The molecule has 0 spiro atoms. The number of hydrogen-bond donors (Lipinski definition) is 0. The van der Waals surface area contributed by atoms with Crippen LogP contribution in [0.2, 0.25) is 0 Å². The van der Waals surface area contributed by atoms with Crippen LogP contribution in [0.5, 0.6) is 11.5 Å². The Hall–Kier alpha value is -2.08. The van der Waals surface area contributed by atoms with Crippen molar-refractivity contribution in [3.05, 3.63) is 57.8 Å². The molecule has 3 rings (SSSR count). The van der Waals surface area contributed by atoms with Crippen LogP contribution >= 0.6 is 15.9 Å². The van der Waals surface area contributed by atoms with Crippen molar-refractivity contribution in [2.45, 2.75) is 6.61 Å². The van der Waals surface area contributed by atoms with E-state index in [1.807, 2.05) is 0 Å². The molecule has 0 radical (unpaired) electrons. The summed E-state index contributed by atoms with van der Waals surface area (Å²) in [6.45, 7) is 0.199. The monoisotopic (exact) mass is 352 g/mol. The van der Waals surface area contributed by atoms with Gasteiger partial charge in [0.15, 0.2) is 11.5 Å². The van der Waals surface area contributed by atoms with Gasteiger partial charge in [0.1, 0.15) is 12.4 Å². The fourth-order valence-corrected chi connectivity index (χ4v) is 2.35. The highest BCUT2D eigenvalue weighted by Crippen LogP contribution is 2.32. The highest BCUT2D eigenvalue weighted by Gasteiger charge is 2.17. The number of halogens is 2. The summed E-state index contributed by atoms with van der Waals surface area (Å²) in [7, 11) is 0. The summed E-state index contributed by atoms with van der Waals surface area (Å²) in [6, 6.07) is 9.04. The first kappa shape index (κ1) is 13.9. The van der Waals surface area contributed by atoms with Crippen LogP contribution in [0.25, 0.3) is 0 Å². The molecule has 2 aromatic carbocycles. The molecule has 0 saturated heterocycles. The van der Waals surface area contributed by atoms with Gasteiger partial charge in [-0.1, -0.05) is 22.0 Å². The largest absolute Gasteiger partial charge is 0.457 e. The Balaban J connectivity index is 1.69. The van der Waals surface area contributed by atoms with E-state index in [1.54, 1.807) is 24.3 Å². The molecule has 6 heteroatoms. The van der Waals surface area contributed by atoms with Gasteiger partial charge in [-0.3, -0.25) is 0 Å². The van der Waals surface area contributed by atoms with Gasteiger partial charge in [-0.25, -0.2) is 9.18 Å². The lowest BCUT2D eigenvalue weighted by Crippen LogP contribution is -2.05. The maximum absolute atomic E-state index is 13.0. The lowest BCUT2D eigenvalue weighted by molar-refractivity contribution is 0.0471. The average molecular weight is 353 g/mol. The third-order valence-electron chi connectivity index (χ3n) is 2.98. The van der Waals surface area contributed by atoms with E-state index in [0.717, 1.165) is 0 Å². The maximum atomic E-state index is 13.0. The number of hydrogen-bond acceptors (Lipinski definition) is 4. The van der Waals surface area contributed by atoms with Crippen molar-refractivity contribution in [2.75, 3.05) is 6.79 Å². The van der Waals surface area contributed by atoms with E-state index >= 15 is 0 Å². The number of fused-ring (bicyclic) bond motifs is 1. The van der Waals surface area contributed by atoms with E-state index < -0.39 is 5.97 Å². The molecule has 0 saturated carbocycles. The van der Waals surface area contributed by atoms with E-state index in [-0.39, 0.29) is 19.2 Å². The number of ether oxygens (including phenoxy) is 3. The number of carbonyl (C=O) groups excluding carboxylic acids is 1. The summed E-state index contributed by atoms with van der Waals surface area (Å²) in [5.74, 6) is 0.289. The molecule has 0 aliphatic carbocycles. The smallest absolute Gasteiger partial charge is 0.338 e. The number of carbonyl (C=O) groups is 1. The molecular weight excluding hydrogens is 343 g/mol. The molecule has 4 nitrogen and oxygen atoms in total. The van der Waals surface area contributed by atoms with Crippen LogP contribution in [0, 0.1) is 5.82 Å². The van der Waals surface area contributed by atoms with Crippen LogP contribution in [0.15, 0.2) is 40.9 Å². The van der Waals surface area contributed by atoms with Gasteiger partial charge in [0.05, 0.1) is 5.56 Å². The Morgan fingerprint density at radius 1 is 1.19 bits per heavy atom. The quantitative estimate of drug-likeness (QED) is 0.790. The number of rotatable bonds is 3. The van der Waals surface area contributed by atoms with Gasteiger partial charge >= 0.3 is 5.97 Å². The fourth-order valence-electron chi connectivity index (χ4n) is 1.89. The fraction of sp³-hybridized carbons (Fsp3) is 0.133. The Morgan fingerprint density at radius 3 is 2.81 bits per heavy atom. The van der Waals surface area contributed by atoms with E-state index in [0.29, 0.717) is 27.1 Å². The van der Waals surface area contributed by atoms with Crippen LogP contribution in [0.1, 0.15) is 15.9 Å². The second-order valence-electron chi connectivity index (χ2n) is 4.38. The third-order valence-corrected chi connectivity index (χ3v) is 3.72. The molecule has 0 N–H and O–H groups in total. The molecule has 2 aromatic rings. The van der Waals surface area contributed by atoms with E-state index in [9.17, 15) is 9.18 Å². The lowest BCUT2D eigenvalue weighted by atomic mass is 10.2. The van der Waals surface area contributed by atoms with Gasteiger partial charge in [0.25, 0.3) is 0 Å². The van der Waals surface area contributed by atoms with E-state index in [2.05, 4.69) is 15.9 Å². The molecule has 0 atom stereocenters. The molecule has 1 aliphatic rings. The summed E-state index contributed by atoms with van der Waals surface area (Å²) < 4.78 is 29.1. The molecule has 108 valence electrons. The zero-order valence-electron chi connectivity index (χ0n) is 10.8. The van der Waals surface area contributed by atoms with Crippen LogP contribution in [-0.2, 0) is 11.3 Å². The van der Waals surface area contributed by atoms with Crippen LogP contribution in [-0.4, -0.2) is 12.8 Å². The first-order valence-electron chi connectivity index (χ1n) is 6.14. The minimum Gasteiger partial charge on any atom is -0.457 e. The van der Waals surface area contributed by atoms with Crippen molar-refractivity contribution in [2.24, 2.45) is 0 Å². The van der Waals surface area contributed by atoms with Gasteiger partial charge in [-0.05, 0) is 30.3 Å². The van der Waals surface area contributed by atoms with Gasteiger partial charge in [-0.2, -0.15) is 0 Å². The SMILES string of the molecule is O=C(OCc1ccc(F)cc1Br)c1ccc2c(c1)OCO2. The Morgan fingerprint density at radius 2 is 2.00 bits per heavy atom. The predicted octanol–water partition coefficient (Wildman–Crippen LogP) is 3.67. The molecule has 1 aliphatic heterocycles. The zero-order chi connectivity index (χ0) is 14.8. The minimum absolute atomic E-state index is 0.0497. The topological polar surface area (TPSA) is 44.8 Å². The summed E-state index contributed by atoms with van der Waals surface area (Å²) >= 11 is 3.23. The Labute approximate surface area is 128 Å². The molecule has 1 heterocycles. The second-order valence-corrected chi connectivity index (χ2v) is 5.23. The predicted molar refractivity (Wildman–Crippen MR) is 75.8 cm³/mol. The highest BCUT2D eigenvalue weighted by molar-refractivity contribution is 9.10. The van der Waals surface area contributed by atoms with Gasteiger partial charge in [0.2, 0.25) is 6.79 Å². The normalized spacial score (nSPS) is 12.3. The average Bonchev–Trinajstić information content (AvgIpc) is 2.93. The van der Waals surface area contributed by atoms with E-state index in [1.165, 1.54) is 12.1 Å². The van der Waals surface area contributed by atoms with Crippen molar-refractivity contribution in [1.29, 1.82) is 0 Å². The summed E-state index contributed by atoms with van der Waals surface area (Å²) in [5.41, 5.74) is 1.06. The maximum Gasteiger partial charge on any atom is 0.338 e. The van der Waals surface area contributed by atoms with Gasteiger partial charge < -0.3 is 14.2 Å². The number of esters is 1. The molecule has 21 heavy (non-hydrogen) atoms. The molecule has 0 fully saturated rings. The van der Waals surface area contributed by atoms with Crippen LogP contribution < -0.4 is 9.47 Å². The van der Waals surface area contributed by atoms with Gasteiger partial charge in [-0.15, -0.1) is 0 Å². The van der Waals surface area contributed by atoms with Gasteiger partial charge in [0, 0.05) is 10.0 Å². The van der Waals surface area contributed by atoms with Crippen molar-refractivity contribution < 1.29 is 23.4 Å². The lowest BCUT2D eigenvalue weighted by Gasteiger charge is -2.07. The van der Waals surface area contributed by atoms with Crippen LogP contribution in [0.3, 0.4) is 0 Å². The Bertz CT molecular complexity index is 702. The Kier molecular flexibility index (Phi) is 3.79. The van der Waals surface area contributed by atoms with Crippen molar-refractivity contribution in [3.8, 4) is 11.5 Å². The highest BCUT2D eigenvalue weighted by atomic mass is 79.9. The molecule has 0 amide bonds. The second kappa shape index (κ2) is 5.73. The molecule has 0 aromatic heterocycles. The molecule has 0 unspecified atom stereocenters. The standard InChI is InChI=1S/C15H10BrFO4/c16-12-6-11(17)3-1-10(12)7-19-15(18)9-2-4-13-14(5-9)21-8-20-13/h1-6H,7-8H2. The molecular formula is C15H10BrFO4. The number of benzene rings is 2. The van der Waals surface area contributed by atoms with Crippen LogP contribution in [0.4, 0.5) is 4.39 Å². The first-order valence-corrected chi connectivity index (χ1v) is 6.93. The van der Waals surface area contributed by atoms with Crippen molar-refractivity contribution >= 4 is 21.9 Å². The zero-order valence-corrected chi connectivity index (χ0v) is 12.4. The third kappa shape index (κ3) is 3.00. The van der Waals surface area contributed by atoms with Crippen molar-refractivity contribution in [1.82, 2.24) is 0 Å². The summed E-state index contributed by atoms with van der Waals surface area (Å²) in [6.07, 6.45) is 0. The first-order chi connectivity index (χ1) is 10.1. The summed E-state index contributed by atoms with van der Waals surface area (Å²) in [4.78, 5) is 12.0. The van der Waals surface area contributed by atoms with E-state index in [4.69, 9.17) is 14.2 Å². The summed E-state index contributed by atoms with van der Waals surface area (Å²) in [5, 5.41) is 0. The minimum atomic E-state index is -0.482. The molecule has 0 bridgehead atoms. The van der Waals surface area contributed by atoms with Crippen molar-refractivity contribution in [3.63, 3.8) is 0 Å².